The Balaban J connectivity index is 1.79. The van der Waals surface area contributed by atoms with Crippen molar-refractivity contribution >= 4 is 28.9 Å². The normalized spacial score (nSPS) is 13.6. The zero-order chi connectivity index (χ0) is 20.8. The Labute approximate surface area is 167 Å². The third-order valence-electron chi connectivity index (χ3n) is 4.49. The summed E-state index contributed by atoms with van der Waals surface area (Å²) in [5.41, 5.74) is 2.18. The van der Waals surface area contributed by atoms with Crippen LogP contribution in [0, 0.1) is 10.1 Å². The van der Waals surface area contributed by atoms with Crippen molar-refractivity contribution in [3.63, 3.8) is 0 Å². The van der Waals surface area contributed by atoms with Gasteiger partial charge in [0.1, 0.15) is 0 Å². The number of rotatable bonds is 6. The lowest BCUT2D eigenvalue weighted by atomic mass is 10.1. The van der Waals surface area contributed by atoms with E-state index in [1.807, 2.05) is 11.0 Å². The van der Waals surface area contributed by atoms with E-state index in [2.05, 4.69) is 10.6 Å². The molecule has 0 bridgehead atoms. The van der Waals surface area contributed by atoms with Crippen LogP contribution in [0.25, 0.3) is 0 Å². The minimum Gasteiger partial charge on any atom is -0.378 e. The highest BCUT2D eigenvalue weighted by Gasteiger charge is 2.22. The fourth-order valence-electron chi connectivity index (χ4n) is 3.14. The summed E-state index contributed by atoms with van der Waals surface area (Å²) in [6.45, 7) is 3.93. The largest absolute Gasteiger partial charge is 0.378 e. The van der Waals surface area contributed by atoms with Crippen molar-refractivity contribution in [1.82, 2.24) is 5.32 Å². The topological polar surface area (TPSA) is 114 Å². The van der Waals surface area contributed by atoms with E-state index in [0.717, 1.165) is 5.56 Å². The van der Waals surface area contributed by atoms with Crippen LogP contribution < -0.4 is 15.5 Å². The van der Waals surface area contributed by atoms with Gasteiger partial charge in [-0.3, -0.25) is 19.7 Å². The molecule has 0 saturated carbocycles. The van der Waals surface area contributed by atoms with Crippen LogP contribution in [0.4, 0.5) is 17.1 Å². The number of hydrogen-bond donors (Lipinski definition) is 2. The maximum absolute atomic E-state index is 12.9. The highest BCUT2D eigenvalue weighted by atomic mass is 16.6. The number of nitrogens with zero attached hydrogens (tertiary/aromatic N) is 2. The number of morpholine rings is 1. The lowest BCUT2D eigenvalue weighted by Crippen LogP contribution is -2.38. The highest BCUT2D eigenvalue weighted by Crippen LogP contribution is 2.26. The van der Waals surface area contributed by atoms with Crippen LogP contribution in [0.5, 0.6) is 0 Å². The Morgan fingerprint density at radius 1 is 1.17 bits per heavy atom. The number of hydrogen-bond acceptors (Lipinski definition) is 6. The number of anilines is 2. The van der Waals surface area contributed by atoms with Gasteiger partial charge < -0.3 is 20.3 Å². The lowest BCUT2D eigenvalue weighted by molar-refractivity contribution is -0.384. The van der Waals surface area contributed by atoms with E-state index >= 15 is 0 Å². The highest BCUT2D eigenvalue weighted by molar-refractivity contribution is 6.00. The molecule has 0 unspecified atom stereocenters. The van der Waals surface area contributed by atoms with Gasteiger partial charge >= 0.3 is 0 Å². The van der Waals surface area contributed by atoms with Gasteiger partial charge in [0.15, 0.2) is 0 Å². The van der Waals surface area contributed by atoms with Gasteiger partial charge in [0.2, 0.25) is 5.91 Å². The Morgan fingerprint density at radius 3 is 2.62 bits per heavy atom. The summed E-state index contributed by atoms with van der Waals surface area (Å²) in [5, 5.41) is 16.7. The molecule has 0 aliphatic carbocycles. The van der Waals surface area contributed by atoms with E-state index in [9.17, 15) is 19.7 Å². The van der Waals surface area contributed by atoms with Gasteiger partial charge in [-0.2, -0.15) is 0 Å². The maximum Gasteiger partial charge on any atom is 0.270 e. The molecule has 29 heavy (non-hydrogen) atoms. The Bertz CT molecular complexity index is 925. The summed E-state index contributed by atoms with van der Waals surface area (Å²) >= 11 is 0. The average Bonchev–Trinajstić information content (AvgIpc) is 2.72. The standard InChI is InChI=1S/C20H22N4O5/c1-14(25)22-16-4-2-3-15(11-16)13-21-20(26)18-12-17(24(27)28)5-6-19(18)23-7-9-29-10-8-23/h2-6,11-12H,7-10,13H2,1H3,(H,21,26)(H,22,25). The smallest absolute Gasteiger partial charge is 0.270 e. The molecular formula is C20H22N4O5. The first-order valence-corrected chi connectivity index (χ1v) is 9.20. The van der Waals surface area contributed by atoms with Crippen LogP contribution in [0.1, 0.15) is 22.8 Å². The predicted molar refractivity (Wildman–Crippen MR) is 108 cm³/mol. The van der Waals surface area contributed by atoms with E-state index < -0.39 is 10.8 Å². The predicted octanol–water partition coefficient (Wildman–Crippen LogP) is 2.32. The van der Waals surface area contributed by atoms with Crippen LogP contribution >= 0.6 is 0 Å². The molecule has 152 valence electrons. The van der Waals surface area contributed by atoms with Crippen molar-refractivity contribution in [1.29, 1.82) is 0 Å². The molecule has 1 heterocycles. The minimum absolute atomic E-state index is 0.139. The Morgan fingerprint density at radius 2 is 1.93 bits per heavy atom. The lowest BCUT2D eigenvalue weighted by Gasteiger charge is -2.30. The number of non-ortho nitro benzene ring substituents is 1. The van der Waals surface area contributed by atoms with Gasteiger partial charge in [-0.1, -0.05) is 12.1 Å². The van der Waals surface area contributed by atoms with E-state index in [0.29, 0.717) is 37.7 Å². The second-order valence-electron chi connectivity index (χ2n) is 6.62. The molecule has 9 heteroatoms. The number of ether oxygens (including phenoxy) is 1. The summed E-state index contributed by atoms with van der Waals surface area (Å²) in [4.78, 5) is 36.7. The van der Waals surface area contributed by atoms with Crippen molar-refractivity contribution in [3.8, 4) is 0 Å². The van der Waals surface area contributed by atoms with Crippen LogP contribution in [-0.2, 0) is 16.1 Å². The van der Waals surface area contributed by atoms with Gasteiger partial charge in [-0.15, -0.1) is 0 Å². The molecule has 1 fully saturated rings. The van der Waals surface area contributed by atoms with Crippen LogP contribution in [0.2, 0.25) is 0 Å². The molecule has 0 spiro atoms. The fraction of sp³-hybridized carbons (Fsp3) is 0.300. The van der Waals surface area contributed by atoms with Crippen LogP contribution in [-0.4, -0.2) is 43.0 Å². The zero-order valence-electron chi connectivity index (χ0n) is 16.0. The number of nitro groups is 1. The van der Waals surface area contributed by atoms with Crippen molar-refractivity contribution in [2.24, 2.45) is 0 Å². The molecule has 0 radical (unpaired) electrons. The van der Waals surface area contributed by atoms with Gasteiger partial charge in [-0.25, -0.2) is 0 Å². The van der Waals surface area contributed by atoms with Crippen molar-refractivity contribution in [2.45, 2.75) is 13.5 Å². The van der Waals surface area contributed by atoms with Crippen molar-refractivity contribution in [2.75, 3.05) is 36.5 Å². The second kappa shape index (κ2) is 9.16. The molecule has 2 N–H and O–H groups in total. The van der Waals surface area contributed by atoms with Gasteiger partial charge in [0, 0.05) is 44.4 Å². The number of nitrogens with one attached hydrogen (secondary N) is 2. The summed E-state index contributed by atoms with van der Waals surface area (Å²) in [7, 11) is 0. The van der Waals surface area contributed by atoms with Crippen molar-refractivity contribution in [3.05, 3.63) is 63.7 Å². The molecule has 2 amide bonds. The molecule has 0 atom stereocenters. The Hall–Kier alpha value is -3.46. The number of nitro benzene ring substituents is 1. The molecule has 2 aromatic carbocycles. The molecular weight excluding hydrogens is 376 g/mol. The maximum atomic E-state index is 12.9. The van der Waals surface area contributed by atoms with E-state index in [1.165, 1.54) is 19.1 Å². The van der Waals surface area contributed by atoms with Gasteiger partial charge in [0.25, 0.3) is 11.6 Å². The molecule has 0 aromatic heterocycles. The summed E-state index contributed by atoms with van der Waals surface area (Å²) in [6.07, 6.45) is 0. The van der Waals surface area contributed by atoms with E-state index in [1.54, 1.807) is 24.3 Å². The molecule has 1 aliphatic heterocycles. The first-order chi connectivity index (χ1) is 13.9. The van der Waals surface area contributed by atoms with E-state index in [-0.39, 0.29) is 23.7 Å². The summed E-state index contributed by atoms with van der Waals surface area (Å²) < 4.78 is 5.35. The SMILES string of the molecule is CC(=O)Nc1cccc(CNC(=O)c2cc([N+](=O)[O-])ccc2N2CCOCC2)c1. The van der Waals surface area contributed by atoms with E-state index in [4.69, 9.17) is 4.74 Å². The van der Waals surface area contributed by atoms with Crippen LogP contribution in [0.15, 0.2) is 42.5 Å². The molecule has 3 rings (SSSR count). The summed E-state index contributed by atoms with van der Waals surface area (Å²) in [6, 6.07) is 11.4. The number of amides is 2. The average molecular weight is 398 g/mol. The minimum atomic E-state index is -0.517. The second-order valence-corrected chi connectivity index (χ2v) is 6.62. The molecule has 1 saturated heterocycles. The fourth-order valence-corrected chi connectivity index (χ4v) is 3.14. The third-order valence-corrected chi connectivity index (χ3v) is 4.49. The zero-order valence-corrected chi connectivity index (χ0v) is 16.0. The summed E-state index contributed by atoms with van der Waals surface area (Å²) in [5.74, 6) is -0.585. The number of carbonyl (C=O) groups is 2. The number of benzene rings is 2. The Kier molecular flexibility index (Phi) is 6.40. The van der Waals surface area contributed by atoms with Gasteiger partial charge in [0.05, 0.1) is 29.4 Å². The molecule has 1 aliphatic rings. The molecule has 2 aromatic rings. The van der Waals surface area contributed by atoms with Gasteiger partial charge in [-0.05, 0) is 23.8 Å². The third kappa shape index (κ3) is 5.29. The number of carbonyl (C=O) groups excluding carboxylic acids is 2. The quantitative estimate of drug-likeness (QED) is 0.570. The van der Waals surface area contributed by atoms with Crippen molar-refractivity contribution < 1.29 is 19.2 Å². The first-order valence-electron chi connectivity index (χ1n) is 9.20. The monoisotopic (exact) mass is 398 g/mol. The van der Waals surface area contributed by atoms with Crippen LogP contribution in [0.3, 0.4) is 0 Å². The molecule has 9 nitrogen and oxygen atoms in total. The first kappa shape index (κ1) is 20.3.